The van der Waals surface area contributed by atoms with Crippen molar-refractivity contribution in [1.82, 2.24) is 19.9 Å². The van der Waals surface area contributed by atoms with E-state index in [0.717, 1.165) is 51.1 Å². The summed E-state index contributed by atoms with van der Waals surface area (Å²) >= 11 is 0. The summed E-state index contributed by atoms with van der Waals surface area (Å²) in [6, 6.07) is 1.64. The summed E-state index contributed by atoms with van der Waals surface area (Å²) < 4.78 is 12.1. The average molecular weight is 331 g/mol. The van der Waals surface area contributed by atoms with Crippen molar-refractivity contribution >= 4 is 5.69 Å². The number of anilines is 1. The van der Waals surface area contributed by atoms with Crippen LogP contribution in [0, 0.1) is 0 Å². The van der Waals surface area contributed by atoms with Crippen LogP contribution in [-0.2, 0) is 11.3 Å². The van der Waals surface area contributed by atoms with Crippen LogP contribution in [-0.4, -0.2) is 39.6 Å². The van der Waals surface area contributed by atoms with Gasteiger partial charge in [-0.3, -0.25) is 4.79 Å². The van der Waals surface area contributed by atoms with Gasteiger partial charge in [-0.15, -0.1) is 0 Å². The van der Waals surface area contributed by atoms with Crippen LogP contribution in [0.2, 0.25) is 0 Å². The quantitative estimate of drug-likeness (QED) is 0.839. The largest absolute Gasteiger partial charge is 0.370 e. The number of rotatable bonds is 4. The van der Waals surface area contributed by atoms with Crippen molar-refractivity contribution in [3.05, 3.63) is 34.3 Å². The van der Waals surface area contributed by atoms with Crippen molar-refractivity contribution in [2.24, 2.45) is 0 Å². The Morgan fingerprint density at radius 3 is 2.83 bits per heavy atom. The summed E-state index contributed by atoms with van der Waals surface area (Å²) in [6.45, 7) is 2.90. The molecule has 0 radical (unpaired) electrons. The van der Waals surface area contributed by atoms with Gasteiger partial charge >= 0.3 is 0 Å². The smallest absolute Gasteiger partial charge is 0.269 e. The van der Waals surface area contributed by atoms with Crippen molar-refractivity contribution in [1.29, 1.82) is 0 Å². The van der Waals surface area contributed by atoms with Gasteiger partial charge in [0, 0.05) is 25.8 Å². The fraction of sp³-hybridized carbons (Fsp3) is 0.625. The molecule has 2 fully saturated rings. The maximum absolute atomic E-state index is 12.3. The number of hydrogen-bond acceptors (Lipinski definition) is 7. The minimum absolute atomic E-state index is 0.114. The van der Waals surface area contributed by atoms with Gasteiger partial charge in [0.25, 0.3) is 11.4 Å². The zero-order valence-corrected chi connectivity index (χ0v) is 13.6. The molecule has 2 aliphatic rings. The number of nitrogens with zero attached hydrogens (tertiary/aromatic N) is 5. The molecule has 1 atom stereocenters. The summed E-state index contributed by atoms with van der Waals surface area (Å²) in [4.78, 5) is 18.9. The average Bonchev–Trinajstić information content (AvgIpc) is 3.29. The van der Waals surface area contributed by atoms with Gasteiger partial charge < -0.3 is 14.2 Å². The van der Waals surface area contributed by atoms with Gasteiger partial charge in [-0.05, 0) is 32.1 Å². The summed E-state index contributed by atoms with van der Waals surface area (Å²) in [6.07, 6.45) is 7.11. The first-order valence-electron chi connectivity index (χ1n) is 8.56. The van der Waals surface area contributed by atoms with Crippen LogP contribution in [0.1, 0.15) is 49.9 Å². The number of piperidine rings is 1. The van der Waals surface area contributed by atoms with Gasteiger partial charge in [-0.2, -0.15) is 10.1 Å². The number of hydrogen-bond donors (Lipinski definition) is 0. The molecule has 0 bridgehead atoms. The highest BCUT2D eigenvalue weighted by atomic mass is 16.5. The second-order valence-electron chi connectivity index (χ2n) is 6.31. The maximum atomic E-state index is 12.3. The molecule has 24 heavy (non-hydrogen) atoms. The van der Waals surface area contributed by atoms with Crippen LogP contribution < -0.4 is 10.5 Å². The summed E-state index contributed by atoms with van der Waals surface area (Å²) in [5.41, 5.74) is 0.741. The molecule has 0 spiro atoms. The van der Waals surface area contributed by atoms with E-state index in [2.05, 4.69) is 20.1 Å². The zero-order valence-electron chi connectivity index (χ0n) is 13.6. The molecule has 4 heterocycles. The molecule has 2 aromatic heterocycles. The van der Waals surface area contributed by atoms with Crippen LogP contribution >= 0.6 is 0 Å². The van der Waals surface area contributed by atoms with Crippen LogP contribution in [0.4, 0.5) is 5.69 Å². The Kier molecular flexibility index (Phi) is 4.29. The lowest BCUT2D eigenvalue weighted by molar-refractivity contribution is 0.0835. The topological polar surface area (TPSA) is 86.3 Å². The monoisotopic (exact) mass is 331 g/mol. The van der Waals surface area contributed by atoms with Gasteiger partial charge in [0.2, 0.25) is 0 Å². The standard InChI is InChI=1S/C16H21N5O3/c22-15-9-12(20-6-2-1-3-7-20)10-17-21(15)11-14-18-16(24-19-14)13-5-4-8-23-13/h9-10,13H,1-8,11H2/t13-/m1/s1. The van der Waals surface area contributed by atoms with Gasteiger partial charge in [0.1, 0.15) is 12.6 Å². The number of ether oxygens (including phenoxy) is 1. The molecule has 2 aromatic rings. The van der Waals surface area contributed by atoms with Crippen molar-refractivity contribution in [3.8, 4) is 0 Å². The van der Waals surface area contributed by atoms with Crippen LogP contribution in [0.3, 0.4) is 0 Å². The minimum atomic E-state index is -0.151. The Morgan fingerprint density at radius 1 is 1.21 bits per heavy atom. The Labute approximate surface area is 139 Å². The van der Waals surface area contributed by atoms with E-state index in [1.807, 2.05) is 0 Å². The molecular formula is C16H21N5O3. The summed E-state index contributed by atoms with van der Waals surface area (Å²) in [5, 5.41) is 8.20. The molecule has 4 rings (SSSR count). The van der Waals surface area contributed by atoms with E-state index in [0.29, 0.717) is 11.7 Å². The molecule has 0 aliphatic carbocycles. The van der Waals surface area contributed by atoms with Crippen LogP contribution in [0.15, 0.2) is 21.6 Å². The number of aromatic nitrogens is 4. The van der Waals surface area contributed by atoms with Crippen molar-refractivity contribution in [3.63, 3.8) is 0 Å². The molecule has 2 saturated heterocycles. The molecule has 0 amide bonds. The third-order valence-electron chi connectivity index (χ3n) is 4.56. The van der Waals surface area contributed by atoms with Gasteiger partial charge in [-0.1, -0.05) is 5.16 Å². The lowest BCUT2D eigenvalue weighted by Crippen LogP contribution is -2.32. The third-order valence-corrected chi connectivity index (χ3v) is 4.56. The fourth-order valence-corrected chi connectivity index (χ4v) is 3.24. The van der Waals surface area contributed by atoms with Gasteiger partial charge in [0.05, 0.1) is 11.9 Å². The Balaban J connectivity index is 1.47. The molecule has 0 unspecified atom stereocenters. The van der Waals surface area contributed by atoms with E-state index in [1.165, 1.54) is 11.1 Å². The Morgan fingerprint density at radius 2 is 2.08 bits per heavy atom. The molecular weight excluding hydrogens is 310 g/mol. The Hall–Kier alpha value is -2.22. The highest BCUT2D eigenvalue weighted by Gasteiger charge is 2.24. The fourth-order valence-electron chi connectivity index (χ4n) is 3.24. The van der Waals surface area contributed by atoms with E-state index in [9.17, 15) is 4.79 Å². The summed E-state index contributed by atoms with van der Waals surface area (Å²) in [7, 11) is 0. The first-order valence-corrected chi connectivity index (χ1v) is 8.56. The van der Waals surface area contributed by atoms with E-state index in [-0.39, 0.29) is 18.2 Å². The SMILES string of the molecule is O=c1cc(N2CCCCC2)cnn1Cc1noc([C@H]2CCCO2)n1. The van der Waals surface area contributed by atoms with E-state index in [1.54, 1.807) is 12.3 Å². The Bertz CT molecular complexity index is 744. The molecule has 128 valence electrons. The van der Waals surface area contributed by atoms with Gasteiger partial charge in [0.15, 0.2) is 5.82 Å². The first-order chi connectivity index (χ1) is 11.8. The normalized spacial score (nSPS) is 21.3. The second kappa shape index (κ2) is 6.72. The molecule has 0 saturated carbocycles. The van der Waals surface area contributed by atoms with E-state index >= 15 is 0 Å². The van der Waals surface area contributed by atoms with Crippen LogP contribution in [0.5, 0.6) is 0 Å². The van der Waals surface area contributed by atoms with Crippen molar-refractivity contribution in [2.45, 2.75) is 44.8 Å². The van der Waals surface area contributed by atoms with E-state index in [4.69, 9.17) is 9.26 Å². The maximum Gasteiger partial charge on any atom is 0.269 e. The zero-order chi connectivity index (χ0) is 16.4. The van der Waals surface area contributed by atoms with Gasteiger partial charge in [-0.25, -0.2) is 4.68 Å². The highest BCUT2D eigenvalue weighted by molar-refractivity contribution is 5.43. The summed E-state index contributed by atoms with van der Waals surface area (Å²) in [5.74, 6) is 0.932. The third kappa shape index (κ3) is 3.19. The molecule has 2 aliphatic heterocycles. The first kappa shape index (κ1) is 15.3. The predicted molar refractivity (Wildman–Crippen MR) is 85.9 cm³/mol. The van der Waals surface area contributed by atoms with Crippen molar-refractivity contribution in [2.75, 3.05) is 24.6 Å². The lowest BCUT2D eigenvalue weighted by Gasteiger charge is -2.28. The molecule has 8 nitrogen and oxygen atoms in total. The highest BCUT2D eigenvalue weighted by Crippen LogP contribution is 2.26. The molecule has 0 N–H and O–H groups in total. The van der Waals surface area contributed by atoms with E-state index < -0.39 is 0 Å². The molecule has 8 heteroatoms. The second-order valence-corrected chi connectivity index (χ2v) is 6.31. The lowest BCUT2D eigenvalue weighted by atomic mass is 10.1. The minimum Gasteiger partial charge on any atom is -0.370 e. The predicted octanol–water partition coefficient (Wildman–Crippen LogP) is 1.52. The molecule has 0 aromatic carbocycles. The van der Waals surface area contributed by atoms with Crippen LogP contribution in [0.25, 0.3) is 0 Å². The van der Waals surface area contributed by atoms with Crippen molar-refractivity contribution < 1.29 is 9.26 Å².